The lowest BCUT2D eigenvalue weighted by atomic mass is 9.70. The van der Waals surface area contributed by atoms with Crippen molar-refractivity contribution in [1.29, 1.82) is 0 Å². The molecule has 172 valence electrons. The van der Waals surface area contributed by atoms with Gasteiger partial charge in [-0.05, 0) is 79.0 Å². The Morgan fingerprint density at radius 2 is 1.59 bits per heavy atom. The molecule has 0 bridgehead atoms. The van der Waals surface area contributed by atoms with E-state index >= 15 is 0 Å². The molecule has 32 heavy (non-hydrogen) atoms. The van der Waals surface area contributed by atoms with Crippen LogP contribution in [0.3, 0.4) is 0 Å². The molecule has 0 N–H and O–H groups in total. The Labute approximate surface area is 199 Å². The van der Waals surface area contributed by atoms with Gasteiger partial charge in [-0.15, -0.1) is 0 Å². The minimum Gasteiger partial charge on any atom is -0.205 e. The lowest BCUT2D eigenvalue weighted by molar-refractivity contribution is 0.187. The van der Waals surface area contributed by atoms with E-state index in [2.05, 4.69) is 25.1 Å². The fraction of sp³-hybridized carbons (Fsp3) is 0.533. The third kappa shape index (κ3) is 5.48. The molecule has 0 radical (unpaired) electrons. The summed E-state index contributed by atoms with van der Waals surface area (Å²) in [6.45, 7) is 4.14. The van der Waals surface area contributed by atoms with E-state index in [-0.39, 0.29) is 10.8 Å². The topological polar surface area (TPSA) is 0 Å². The predicted octanol–water partition coefficient (Wildman–Crippen LogP) is 10.0. The zero-order valence-corrected chi connectivity index (χ0v) is 20.6. The predicted molar refractivity (Wildman–Crippen MR) is 136 cm³/mol. The van der Waals surface area contributed by atoms with Gasteiger partial charge in [-0.1, -0.05) is 99.5 Å². The van der Waals surface area contributed by atoms with E-state index in [9.17, 15) is 4.39 Å². The minimum absolute atomic E-state index is 0.225. The summed E-state index contributed by atoms with van der Waals surface area (Å²) in [5.41, 5.74) is 4.98. The first-order valence-electron chi connectivity index (χ1n) is 12.8. The molecular formula is C30H38ClF. The van der Waals surface area contributed by atoms with Crippen LogP contribution in [0.5, 0.6) is 0 Å². The molecule has 0 spiro atoms. The molecule has 1 unspecified atom stereocenters. The molecule has 0 aromatic heterocycles. The van der Waals surface area contributed by atoms with Crippen LogP contribution in [0, 0.1) is 30.5 Å². The Morgan fingerprint density at radius 3 is 2.25 bits per heavy atom. The molecule has 4 rings (SSSR count). The molecular weight excluding hydrogens is 415 g/mol. The van der Waals surface area contributed by atoms with Gasteiger partial charge in [-0.2, -0.15) is 0 Å². The highest BCUT2D eigenvalue weighted by molar-refractivity contribution is 6.31. The van der Waals surface area contributed by atoms with E-state index in [4.69, 9.17) is 11.6 Å². The summed E-state index contributed by atoms with van der Waals surface area (Å²) in [5.74, 6) is 2.49. The Bertz CT molecular complexity index is 919. The molecule has 2 aliphatic rings. The summed E-state index contributed by atoms with van der Waals surface area (Å²) in [5, 5.41) is 0.225. The molecule has 0 aliphatic heterocycles. The zero-order valence-electron chi connectivity index (χ0n) is 19.8. The van der Waals surface area contributed by atoms with Crippen LogP contribution < -0.4 is 0 Å². The van der Waals surface area contributed by atoms with Gasteiger partial charge in [-0.3, -0.25) is 0 Å². The van der Waals surface area contributed by atoms with Crippen LogP contribution in [0.4, 0.5) is 4.39 Å². The van der Waals surface area contributed by atoms with Gasteiger partial charge in [0.05, 0.1) is 5.02 Å². The molecule has 1 saturated carbocycles. The third-order valence-electron chi connectivity index (χ3n) is 8.07. The van der Waals surface area contributed by atoms with Crippen LogP contribution in [0.2, 0.25) is 5.02 Å². The molecule has 2 aromatic rings. The molecule has 0 saturated heterocycles. The van der Waals surface area contributed by atoms with Crippen LogP contribution in [0.15, 0.2) is 42.5 Å². The van der Waals surface area contributed by atoms with Crippen LogP contribution in [-0.4, -0.2) is 0 Å². The number of hydrogen-bond donors (Lipinski definition) is 0. The average molecular weight is 453 g/mol. The van der Waals surface area contributed by atoms with Gasteiger partial charge in [0.15, 0.2) is 0 Å². The largest absolute Gasteiger partial charge is 0.205 e. The lowest BCUT2D eigenvalue weighted by Crippen LogP contribution is -2.23. The average Bonchev–Trinajstić information content (AvgIpc) is 2.84. The fourth-order valence-corrected chi connectivity index (χ4v) is 6.07. The van der Waals surface area contributed by atoms with Crippen molar-refractivity contribution >= 4 is 17.2 Å². The summed E-state index contributed by atoms with van der Waals surface area (Å²) in [6.07, 6.45) is 17.7. The van der Waals surface area contributed by atoms with E-state index < -0.39 is 0 Å². The van der Waals surface area contributed by atoms with Crippen molar-refractivity contribution in [2.75, 3.05) is 0 Å². The van der Waals surface area contributed by atoms with Crippen molar-refractivity contribution in [3.05, 3.63) is 64.4 Å². The van der Waals surface area contributed by atoms with Crippen molar-refractivity contribution in [2.45, 2.75) is 84.5 Å². The van der Waals surface area contributed by atoms with E-state index in [0.29, 0.717) is 5.56 Å². The van der Waals surface area contributed by atoms with Gasteiger partial charge in [0, 0.05) is 5.56 Å². The van der Waals surface area contributed by atoms with Crippen molar-refractivity contribution in [3.63, 3.8) is 0 Å². The van der Waals surface area contributed by atoms with Crippen molar-refractivity contribution in [3.8, 4) is 11.1 Å². The number of benzene rings is 2. The Hall–Kier alpha value is -1.60. The number of aryl methyl sites for hydroxylation is 1. The van der Waals surface area contributed by atoms with Crippen LogP contribution in [0.25, 0.3) is 16.7 Å². The van der Waals surface area contributed by atoms with Gasteiger partial charge in [-0.25, -0.2) is 4.39 Å². The van der Waals surface area contributed by atoms with Crippen molar-refractivity contribution in [1.82, 2.24) is 0 Å². The van der Waals surface area contributed by atoms with Gasteiger partial charge in [0.25, 0.3) is 0 Å². The first kappa shape index (κ1) is 23.6. The standard InChI is InChI=1S/C30H38ClF/c1-3-4-5-6-22-8-10-23(11-9-22)24-12-14-25(15-13-24)26-16-18-27(19-17-26)28-20-7-21(2)29(31)30(28)32/h7,14,16-20,22-24H,3-6,8-13,15H2,1-2H3. The SMILES string of the molecule is CCCCCC1CCC(C2CC=C(c3ccc(-c4ccc(C)c(Cl)c4F)cc3)CC2)CC1. The molecule has 2 aliphatic carbocycles. The molecule has 0 nitrogen and oxygen atoms in total. The second kappa shape index (κ2) is 11.0. The maximum absolute atomic E-state index is 14.6. The highest BCUT2D eigenvalue weighted by atomic mass is 35.5. The van der Waals surface area contributed by atoms with E-state index in [0.717, 1.165) is 28.9 Å². The number of unbranched alkanes of at least 4 members (excludes halogenated alkanes) is 2. The van der Waals surface area contributed by atoms with E-state index in [1.165, 1.54) is 81.8 Å². The monoisotopic (exact) mass is 452 g/mol. The summed E-state index contributed by atoms with van der Waals surface area (Å²) >= 11 is 6.12. The van der Waals surface area contributed by atoms with E-state index in [1.807, 2.05) is 31.2 Å². The lowest BCUT2D eigenvalue weighted by Gasteiger charge is -2.35. The van der Waals surface area contributed by atoms with Crippen molar-refractivity contribution in [2.24, 2.45) is 17.8 Å². The zero-order chi connectivity index (χ0) is 22.5. The molecule has 0 heterocycles. The quantitative estimate of drug-likeness (QED) is 0.366. The maximum atomic E-state index is 14.6. The van der Waals surface area contributed by atoms with Gasteiger partial charge < -0.3 is 0 Å². The smallest absolute Gasteiger partial charge is 0.149 e. The molecule has 1 fully saturated rings. The minimum atomic E-state index is -0.320. The number of rotatable bonds is 7. The maximum Gasteiger partial charge on any atom is 0.149 e. The van der Waals surface area contributed by atoms with Gasteiger partial charge >= 0.3 is 0 Å². The Balaban J connectivity index is 1.33. The summed E-state index contributed by atoms with van der Waals surface area (Å²) in [6, 6.07) is 12.1. The normalized spacial score (nSPS) is 23.8. The molecule has 2 heteroatoms. The number of allylic oxidation sites excluding steroid dienone is 2. The van der Waals surface area contributed by atoms with Gasteiger partial charge in [0.2, 0.25) is 0 Å². The first-order valence-corrected chi connectivity index (χ1v) is 13.2. The van der Waals surface area contributed by atoms with Crippen LogP contribution >= 0.6 is 11.6 Å². The summed E-state index contributed by atoms with van der Waals surface area (Å²) < 4.78 is 14.6. The number of halogens is 2. The summed E-state index contributed by atoms with van der Waals surface area (Å²) in [4.78, 5) is 0. The van der Waals surface area contributed by atoms with Crippen LogP contribution in [0.1, 0.15) is 88.7 Å². The van der Waals surface area contributed by atoms with Gasteiger partial charge in [0.1, 0.15) is 5.82 Å². The second-order valence-electron chi connectivity index (χ2n) is 10.2. The highest BCUT2D eigenvalue weighted by Crippen LogP contribution is 2.42. The summed E-state index contributed by atoms with van der Waals surface area (Å²) in [7, 11) is 0. The van der Waals surface area contributed by atoms with E-state index in [1.54, 1.807) is 0 Å². The second-order valence-corrected chi connectivity index (χ2v) is 10.6. The Morgan fingerprint density at radius 1 is 0.875 bits per heavy atom. The highest BCUT2D eigenvalue weighted by Gasteiger charge is 2.28. The van der Waals surface area contributed by atoms with Crippen molar-refractivity contribution < 1.29 is 4.39 Å². The first-order chi connectivity index (χ1) is 15.6. The number of hydrogen-bond acceptors (Lipinski definition) is 0. The third-order valence-corrected chi connectivity index (χ3v) is 8.53. The fourth-order valence-electron chi connectivity index (χ4n) is 5.91. The Kier molecular flexibility index (Phi) is 8.11. The molecule has 1 atom stereocenters. The van der Waals surface area contributed by atoms with Crippen LogP contribution in [-0.2, 0) is 0 Å². The molecule has 2 aromatic carbocycles. The molecule has 0 amide bonds.